The third-order valence-corrected chi connectivity index (χ3v) is 2.69. The lowest BCUT2D eigenvalue weighted by Gasteiger charge is -2.08. The summed E-state index contributed by atoms with van der Waals surface area (Å²) in [5.74, 6) is 2.13. The van der Waals surface area contributed by atoms with Gasteiger partial charge >= 0.3 is 0 Å². The van der Waals surface area contributed by atoms with Crippen molar-refractivity contribution in [3.05, 3.63) is 48.8 Å². The van der Waals surface area contributed by atoms with Crippen molar-refractivity contribution in [2.24, 2.45) is 0 Å². The van der Waals surface area contributed by atoms with Crippen LogP contribution in [0.1, 0.15) is 12.7 Å². The van der Waals surface area contributed by atoms with Crippen molar-refractivity contribution in [1.29, 1.82) is 0 Å². The van der Waals surface area contributed by atoms with Gasteiger partial charge in [-0.3, -0.25) is 8.97 Å². The van der Waals surface area contributed by atoms with Crippen molar-refractivity contribution in [3.63, 3.8) is 0 Å². The lowest BCUT2D eigenvalue weighted by Crippen LogP contribution is -2.04. The van der Waals surface area contributed by atoms with E-state index in [1.807, 2.05) is 30.7 Å². The summed E-state index contributed by atoms with van der Waals surface area (Å²) < 4.78 is 4.15. The summed E-state index contributed by atoms with van der Waals surface area (Å²) in [6.07, 6.45) is 8.49. The van der Waals surface area contributed by atoms with Crippen molar-refractivity contribution >= 4 is 5.65 Å². The number of hydrogen-bond donors (Lipinski definition) is 0. The number of hydrogen-bond acceptors (Lipinski definition) is 2. The summed E-state index contributed by atoms with van der Waals surface area (Å²) >= 11 is 0. The fourth-order valence-corrected chi connectivity index (χ4v) is 1.93. The maximum Gasteiger partial charge on any atom is 0.138 e. The minimum Gasteiger partial charge on any atom is -0.289 e. The van der Waals surface area contributed by atoms with Crippen LogP contribution in [0.25, 0.3) is 11.5 Å². The van der Waals surface area contributed by atoms with Gasteiger partial charge in [-0.1, -0.05) is 13.0 Å². The summed E-state index contributed by atoms with van der Waals surface area (Å²) in [4.78, 5) is 8.61. The summed E-state index contributed by atoms with van der Waals surface area (Å²) in [7, 11) is 0. The molecule has 4 nitrogen and oxygen atoms in total. The highest BCUT2D eigenvalue weighted by molar-refractivity contribution is 5.45. The van der Waals surface area contributed by atoms with Crippen LogP contribution in [0.3, 0.4) is 0 Å². The first-order valence-corrected chi connectivity index (χ1v) is 5.35. The Hall–Kier alpha value is -2.10. The third-order valence-electron chi connectivity index (χ3n) is 2.69. The van der Waals surface area contributed by atoms with Crippen LogP contribution < -0.4 is 0 Å². The summed E-state index contributed by atoms with van der Waals surface area (Å²) in [6.45, 7) is 2.10. The van der Waals surface area contributed by atoms with E-state index in [-0.39, 0.29) is 0 Å². The van der Waals surface area contributed by atoms with E-state index in [0.717, 1.165) is 23.7 Å². The van der Waals surface area contributed by atoms with Crippen LogP contribution in [-0.2, 0) is 6.42 Å². The lowest BCUT2D eigenvalue weighted by atomic mass is 10.4. The molecule has 0 aliphatic rings. The largest absolute Gasteiger partial charge is 0.289 e. The minimum atomic E-state index is 0.915. The molecule has 0 aromatic carbocycles. The van der Waals surface area contributed by atoms with Crippen LogP contribution in [0.4, 0.5) is 0 Å². The molecule has 16 heavy (non-hydrogen) atoms. The molecule has 4 heteroatoms. The molecule has 3 aromatic heterocycles. The Bertz CT molecular complexity index is 621. The van der Waals surface area contributed by atoms with Crippen LogP contribution in [0.5, 0.6) is 0 Å². The molecule has 0 unspecified atom stereocenters. The molecule has 0 N–H and O–H groups in total. The Morgan fingerprint density at radius 3 is 2.88 bits per heavy atom. The SMILES string of the molecule is CCc1nccn1-c1cccc2nccn12. The summed E-state index contributed by atoms with van der Waals surface area (Å²) in [5.41, 5.74) is 0.952. The molecule has 3 aromatic rings. The van der Waals surface area contributed by atoms with Gasteiger partial charge in [0, 0.05) is 31.2 Å². The van der Waals surface area contributed by atoms with E-state index in [1.54, 1.807) is 6.20 Å². The zero-order chi connectivity index (χ0) is 11.0. The van der Waals surface area contributed by atoms with E-state index in [2.05, 4.69) is 31.9 Å². The topological polar surface area (TPSA) is 35.1 Å². The predicted octanol–water partition coefficient (Wildman–Crippen LogP) is 2.08. The Balaban J connectivity index is 2.29. The van der Waals surface area contributed by atoms with Gasteiger partial charge in [0.15, 0.2) is 0 Å². The van der Waals surface area contributed by atoms with E-state index in [1.165, 1.54) is 0 Å². The molecule has 3 heterocycles. The molecule has 0 saturated heterocycles. The van der Waals surface area contributed by atoms with E-state index in [4.69, 9.17) is 0 Å². The van der Waals surface area contributed by atoms with Crippen molar-refractivity contribution in [1.82, 2.24) is 18.9 Å². The number of aromatic nitrogens is 4. The normalized spacial score (nSPS) is 11.1. The number of rotatable bonds is 2. The Morgan fingerprint density at radius 2 is 2.00 bits per heavy atom. The first kappa shape index (κ1) is 9.15. The Morgan fingerprint density at radius 1 is 1.12 bits per heavy atom. The van der Waals surface area contributed by atoms with Gasteiger partial charge in [0.1, 0.15) is 17.3 Å². The molecular formula is C12H12N4. The number of imidazole rings is 2. The summed E-state index contributed by atoms with van der Waals surface area (Å²) in [6, 6.07) is 6.07. The first-order valence-electron chi connectivity index (χ1n) is 5.35. The molecule has 0 amide bonds. The highest BCUT2D eigenvalue weighted by Gasteiger charge is 2.06. The molecular weight excluding hydrogens is 200 g/mol. The molecule has 0 aliphatic carbocycles. The molecule has 0 spiro atoms. The van der Waals surface area contributed by atoms with Crippen molar-refractivity contribution in [2.75, 3.05) is 0 Å². The quantitative estimate of drug-likeness (QED) is 0.652. The average molecular weight is 212 g/mol. The molecule has 80 valence electrons. The number of pyridine rings is 1. The maximum atomic E-state index is 4.33. The third kappa shape index (κ3) is 1.23. The second-order valence-corrected chi connectivity index (χ2v) is 3.61. The lowest BCUT2D eigenvalue weighted by molar-refractivity contribution is 0.853. The van der Waals surface area contributed by atoms with Gasteiger partial charge in [-0.2, -0.15) is 0 Å². The fourth-order valence-electron chi connectivity index (χ4n) is 1.93. The van der Waals surface area contributed by atoms with Crippen LogP contribution in [-0.4, -0.2) is 18.9 Å². The number of fused-ring (bicyclic) bond motifs is 1. The molecule has 0 aliphatic heterocycles. The minimum absolute atomic E-state index is 0.915. The number of nitrogens with zero attached hydrogens (tertiary/aromatic N) is 4. The zero-order valence-corrected chi connectivity index (χ0v) is 9.04. The fraction of sp³-hybridized carbons (Fsp3) is 0.167. The second-order valence-electron chi connectivity index (χ2n) is 3.61. The van der Waals surface area contributed by atoms with Gasteiger partial charge in [0.25, 0.3) is 0 Å². The standard InChI is InChI=1S/C12H12N4/c1-2-10-13-6-8-15(10)12-5-3-4-11-14-7-9-16(11)12/h3-9H,2H2,1H3. The molecule has 0 radical (unpaired) electrons. The first-order chi connectivity index (χ1) is 7.90. The highest BCUT2D eigenvalue weighted by Crippen LogP contribution is 2.13. The van der Waals surface area contributed by atoms with Gasteiger partial charge in [-0.15, -0.1) is 0 Å². The van der Waals surface area contributed by atoms with Crippen LogP contribution >= 0.6 is 0 Å². The second kappa shape index (κ2) is 3.48. The molecule has 0 saturated carbocycles. The van der Waals surface area contributed by atoms with Crippen LogP contribution in [0, 0.1) is 0 Å². The molecule has 0 bridgehead atoms. The monoisotopic (exact) mass is 212 g/mol. The van der Waals surface area contributed by atoms with Crippen LogP contribution in [0.15, 0.2) is 43.0 Å². The van der Waals surface area contributed by atoms with Gasteiger partial charge < -0.3 is 0 Å². The van der Waals surface area contributed by atoms with Crippen LogP contribution in [0.2, 0.25) is 0 Å². The van der Waals surface area contributed by atoms with E-state index < -0.39 is 0 Å². The number of aryl methyl sites for hydroxylation is 1. The van der Waals surface area contributed by atoms with Gasteiger partial charge in [0.2, 0.25) is 0 Å². The molecule has 0 fully saturated rings. The smallest absolute Gasteiger partial charge is 0.138 e. The molecule has 0 atom stereocenters. The van der Waals surface area contributed by atoms with E-state index >= 15 is 0 Å². The van der Waals surface area contributed by atoms with E-state index in [9.17, 15) is 0 Å². The Kier molecular flexibility index (Phi) is 1.99. The highest BCUT2D eigenvalue weighted by atomic mass is 15.2. The maximum absolute atomic E-state index is 4.33. The zero-order valence-electron chi connectivity index (χ0n) is 9.04. The predicted molar refractivity (Wildman–Crippen MR) is 61.7 cm³/mol. The van der Waals surface area contributed by atoms with E-state index in [0.29, 0.717) is 0 Å². The molecule has 3 rings (SSSR count). The van der Waals surface area contributed by atoms with Gasteiger partial charge in [-0.25, -0.2) is 9.97 Å². The summed E-state index contributed by atoms with van der Waals surface area (Å²) in [5, 5.41) is 0. The van der Waals surface area contributed by atoms with Gasteiger partial charge in [-0.05, 0) is 12.1 Å². The average Bonchev–Trinajstić information content (AvgIpc) is 2.96. The van der Waals surface area contributed by atoms with Gasteiger partial charge in [0.05, 0.1) is 0 Å². The Labute approximate surface area is 93.2 Å². The van der Waals surface area contributed by atoms with Crippen molar-refractivity contribution in [2.45, 2.75) is 13.3 Å². The van der Waals surface area contributed by atoms with Crippen molar-refractivity contribution < 1.29 is 0 Å². The van der Waals surface area contributed by atoms with Crippen molar-refractivity contribution in [3.8, 4) is 5.82 Å².